The minimum atomic E-state index is -0.562. The lowest BCUT2D eigenvalue weighted by molar-refractivity contribution is -0.397. The summed E-state index contributed by atoms with van der Waals surface area (Å²) in [5.41, 5.74) is -0.562. The molecule has 3 nitrogen and oxygen atoms in total. The van der Waals surface area contributed by atoms with E-state index in [4.69, 9.17) is 9.62 Å². The van der Waals surface area contributed by atoms with Crippen molar-refractivity contribution in [3.05, 3.63) is 12.3 Å². The van der Waals surface area contributed by atoms with Crippen LogP contribution in [0.3, 0.4) is 0 Å². The molecule has 1 saturated carbocycles. The lowest BCUT2D eigenvalue weighted by Gasteiger charge is -2.57. The van der Waals surface area contributed by atoms with Crippen LogP contribution in [0.1, 0.15) is 47.0 Å². The van der Waals surface area contributed by atoms with Gasteiger partial charge in [-0.2, -0.15) is 0 Å². The summed E-state index contributed by atoms with van der Waals surface area (Å²) in [4.78, 5) is 5.12. The average Bonchev–Trinajstić information content (AvgIpc) is 2.35. The van der Waals surface area contributed by atoms with Crippen LogP contribution in [0.2, 0.25) is 0 Å². The van der Waals surface area contributed by atoms with Crippen molar-refractivity contribution >= 4 is 0 Å². The molecule has 2 aliphatic rings. The van der Waals surface area contributed by atoms with Crippen LogP contribution in [-0.4, -0.2) is 17.0 Å². The third-order valence-electron chi connectivity index (χ3n) is 5.45. The second-order valence-electron chi connectivity index (χ2n) is 6.14. The Hall–Kier alpha value is -0.540. The molecule has 0 bridgehead atoms. The largest absolute Gasteiger partial charge is 0.492 e. The SMILES string of the molecule is C=C1OC(C)C2(OO)C(CC)C(C)CCC2C1C. The summed E-state index contributed by atoms with van der Waals surface area (Å²) in [6.45, 7) is 12.6. The van der Waals surface area contributed by atoms with Crippen molar-refractivity contribution < 1.29 is 14.9 Å². The Kier molecular flexibility index (Phi) is 3.75. The quantitative estimate of drug-likeness (QED) is 0.601. The van der Waals surface area contributed by atoms with Crippen LogP contribution < -0.4 is 0 Å². The van der Waals surface area contributed by atoms with E-state index in [1.807, 2.05) is 6.92 Å². The van der Waals surface area contributed by atoms with Gasteiger partial charge in [0.15, 0.2) is 0 Å². The Morgan fingerprint density at radius 3 is 2.61 bits per heavy atom. The van der Waals surface area contributed by atoms with Gasteiger partial charge in [-0.1, -0.05) is 33.8 Å². The highest BCUT2D eigenvalue weighted by molar-refractivity contribution is 5.13. The summed E-state index contributed by atoms with van der Waals surface area (Å²) in [5, 5.41) is 9.66. The fourth-order valence-electron chi connectivity index (χ4n) is 4.41. The van der Waals surface area contributed by atoms with Gasteiger partial charge in [0.2, 0.25) is 0 Å². The van der Waals surface area contributed by atoms with Crippen molar-refractivity contribution in [1.82, 2.24) is 0 Å². The van der Waals surface area contributed by atoms with Crippen LogP contribution in [-0.2, 0) is 9.62 Å². The molecular formula is C15H26O3. The van der Waals surface area contributed by atoms with Gasteiger partial charge in [0.1, 0.15) is 11.7 Å². The smallest absolute Gasteiger partial charge is 0.146 e. The lowest BCUT2D eigenvalue weighted by atomic mass is 9.56. The molecule has 6 unspecified atom stereocenters. The zero-order valence-electron chi connectivity index (χ0n) is 12.0. The second kappa shape index (κ2) is 4.86. The number of hydrogen-bond donors (Lipinski definition) is 1. The summed E-state index contributed by atoms with van der Waals surface area (Å²) < 4.78 is 5.86. The van der Waals surface area contributed by atoms with Crippen molar-refractivity contribution in [2.24, 2.45) is 23.7 Å². The molecule has 18 heavy (non-hydrogen) atoms. The standard InChI is InChI=1S/C15H26O3/c1-6-13-9(2)7-8-14-10(3)11(4)17-12(5)15(13,14)18-16/h9-10,12-14,16H,4,6-8H2,1-3,5H3. The summed E-state index contributed by atoms with van der Waals surface area (Å²) in [7, 11) is 0. The molecule has 2 fully saturated rings. The summed E-state index contributed by atoms with van der Waals surface area (Å²) in [5.74, 6) is 2.29. The molecule has 1 aliphatic carbocycles. The van der Waals surface area contributed by atoms with E-state index in [2.05, 4.69) is 27.4 Å². The van der Waals surface area contributed by atoms with Crippen LogP contribution in [0.4, 0.5) is 0 Å². The molecule has 0 radical (unpaired) electrons. The highest BCUT2D eigenvalue weighted by Gasteiger charge is 2.60. The average molecular weight is 254 g/mol. The van der Waals surface area contributed by atoms with E-state index in [1.54, 1.807) is 0 Å². The fraction of sp³-hybridized carbons (Fsp3) is 0.867. The van der Waals surface area contributed by atoms with Crippen molar-refractivity contribution in [3.63, 3.8) is 0 Å². The predicted molar refractivity (Wildman–Crippen MR) is 71.0 cm³/mol. The molecule has 104 valence electrons. The molecule has 6 atom stereocenters. The van der Waals surface area contributed by atoms with Crippen molar-refractivity contribution in [2.45, 2.75) is 58.7 Å². The van der Waals surface area contributed by atoms with Gasteiger partial charge in [-0.3, -0.25) is 5.26 Å². The summed E-state index contributed by atoms with van der Waals surface area (Å²) in [6, 6.07) is 0. The van der Waals surface area contributed by atoms with E-state index in [1.165, 1.54) is 6.42 Å². The van der Waals surface area contributed by atoms with Crippen molar-refractivity contribution in [3.8, 4) is 0 Å². The molecule has 1 aliphatic heterocycles. The maximum absolute atomic E-state index is 9.66. The molecule has 1 N–H and O–H groups in total. The van der Waals surface area contributed by atoms with Gasteiger partial charge in [0.05, 0.1) is 5.76 Å². The van der Waals surface area contributed by atoms with Gasteiger partial charge >= 0.3 is 0 Å². The molecule has 0 spiro atoms. The van der Waals surface area contributed by atoms with Crippen molar-refractivity contribution in [1.29, 1.82) is 0 Å². The Balaban J connectivity index is 2.43. The number of rotatable bonds is 2. The van der Waals surface area contributed by atoms with E-state index >= 15 is 0 Å². The van der Waals surface area contributed by atoms with Crippen molar-refractivity contribution in [2.75, 3.05) is 0 Å². The molecule has 0 aromatic heterocycles. The Bertz CT molecular complexity index is 328. The van der Waals surface area contributed by atoms with E-state index in [0.29, 0.717) is 17.8 Å². The minimum absolute atomic E-state index is 0.135. The van der Waals surface area contributed by atoms with Crippen LogP contribution in [0.5, 0.6) is 0 Å². The van der Waals surface area contributed by atoms with E-state index in [0.717, 1.165) is 18.6 Å². The number of hydrogen-bond acceptors (Lipinski definition) is 3. The first-order valence-electron chi connectivity index (χ1n) is 7.17. The van der Waals surface area contributed by atoms with Gasteiger partial charge in [0.25, 0.3) is 0 Å². The van der Waals surface area contributed by atoms with Crippen LogP contribution in [0, 0.1) is 23.7 Å². The van der Waals surface area contributed by atoms with Gasteiger partial charge < -0.3 is 4.74 Å². The predicted octanol–water partition coefficient (Wildman–Crippen LogP) is 3.86. The monoisotopic (exact) mass is 254 g/mol. The first-order chi connectivity index (χ1) is 8.48. The lowest BCUT2D eigenvalue weighted by Crippen LogP contribution is -2.63. The van der Waals surface area contributed by atoms with E-state index in [9.17, 15) is 5.26 Å². The molecule has 0 aromatic rings. The zero-order valence-corrected chi connectivity index (χ0v) is 12.0. The topological polar surface area (TPSA) is 38.7 Å². The Morgan fingerprint density at radius 1 is 1.39 bits per heavy atom. The van der Waals surface area contributed by atoms with Gasteiger partial charge in [0, 0.05) is 11.8 Å². The highest BCUT2D eigenvalue weighted by Crippen LogP contribution is 2.54. The normalized spacial score (nSPS) is 48.5. The van der Waals surface area contributed by atoms with Crippen LogP contribution >= 0.6 is 0 Å². The fourth-order valence-corrected chi connectivity index (χ4v) is 4.41. The Labute approximate surface area is 110 Å². The van der Waals surface area contributed by atoms with Gasteiger partial charge in [-0.05, 0) is 31.6 Å². The van der Waals surface area contributed by atoms with E-state index in [-0.39, 0.29) is 12.0 Å². The van der Waals surface area contributed by atoms with Gasteiger partial charge in [-0.25, -0.2) is 4.89 Å². The minimum Gasteiger partial charge on any atom is -0.492 e. The Morgan fingerprint density at radius 2 is 2.06 bits per heavy atom. The summed E-state index contributed by atoms with van der Waals surface area (Å²) in [6.07, 6.45) is 3.14. The number of fused-ring (bicyclic) bond motifs is 1. The third-order valence-corrected chi connectivity index (χ3v) is 5.45. The maximum Gasteiger partial charge on any atom is 0.146 e. The molecule has 0 amide bonds. The maximum atomic E-state index is 9.66. The number of allylic oxidation sites excluding steroid dienone is 1. The molecule has 2 rings (SSSR count). The molecular weight excluding hydrogens is 228 g/mol. The molecule has 1 saturated heterocycles. The van der Waals surface area contributed by atoms with E-state index < -0.39 is 5.60 Å². The molecule has 0 aromatic carbocycles. The third kappa shape index (κ3) is 1.71. The highest BCUT2D eigenvalue weighted by atomic mass is 17.1. The van der Waals surface area contributed by atoms with Crippen LogP contribution in [0.25, 0.3) is 0 Å². The first kappa shape index (κ1) is 13.9. The number of ether oxygens (including phenoxy) is 1. The molecule has 1 heterocycles. The zero-order chi connectivity index (χ0) is 13.5. The first-order valence-corrected chi connectivity index (χ1v) is 7.17. The summed E-state index contributed by atoms with van der Waals surface area (Å²) >= 11 is 0. The van der Waals surface area contributed by atoms with Gasteiger partial charge in [-0.15, -0.1) is 0 Å². The van der Waals surface area contributed by atoms with Crippen LogP contribution in [0.15, 0.2) is 12.3 Å². The molecule has 3 heteroatoms. The second-order valence-corrected chi connectivity index (χ2v) is 6.14.